The number of nitrogens with zero attached hydrogens (tertiary/aromatic N) is 2. The summed E-state index contributed by atoms with van der Waals surface area (Å²) in [6.45, 7) is 4.15. The molecular formula is C10H18N4O. The summed E-state index contributed by atoms with van der Waals surface area (Å²) < 4.78 is 0. The normalized spacial score (nSPS) is 12.5. The number of nitrogens with one attached hydrogen (secondary N) is 1. The lowest BCUT2D eigenvalue weighted by Gasteiger charge is -2.15. The first-order valence-corrected chi connectivity index (χ1v) is 5.09. The minimum absolute atomic E-state index is 0.219. The van der Waals surface area contributed by atoms with E-state index in [1.165, 1.54) is 6.33 Å². The average molecular weight is 210 g/mol. The minimum atomic E-state index is 0.219. The first-order valence-electron chi connectivity index (χ1n) is 5.09. The lowest BCUT2D eigenvalue weighted by atomic mass is 10.2. The second kappa shape index (κ2) is 5.50. The molecule has 0 spiro atoms. The topological polar surface area (TPSA) is 84.1 Å². The largest absolute Gasteiger partial charge is 0.396 e. The van der Waals surface area contributed by atoms with E-state index in [2.05, 4.69) is 15.3 Å². The van der Waals surface area contributed by atoms with Crippen LogP contribution in [0, 0.1) is 6.92 Å². The van der Waals surface area contributed by atoms with Gasteiger partial charge in [0.2, 0.25) is 0 Å². The van der Waals surface area contributed by atoms with Crippen LogP contribution in [0.15, 0.2) is 6.33 Å². The van der Waals surface area contributed by atoms with Crippen LogP contribution in [0.5, 0.6) is 0 Å². The van der Waals surface area contributed by atoms with E-state index >= 15 is 0 Å². The molecule has 0 aromatic carbocycles. The standard InChI is InChI=1S/C10H18N4O/c1-7(4-3-5-15)14-10-8(2)9(11)12-6-13-10/h6-7,15H,3-5H2,1-2H3,(H3,11,12,13,14). The molecule has 1 unspecified atom stereocenters. The highest BCUT2D eigenvalue weighted by molar-refractivity contribution is 5.54. The van der Waals surface area contributed by atoms with Gasteiger partial charge in [-0.05, 0) is 26.7 Å². The molecule has 0 saturated heterocycles. The van der Waals surface area contributed by atoms with Crippen molar-refractivity contribution in [1.82, 2.24) is 9.97 Å². The van der Waals surface area contributed by atoms with E-state index in [0.29, 0.717) is 5.82 Å². The van der Waals surface area contributed by atoms with Gasteiger partial charge >= 0.3 is 0 Å². The Morgan fingerprint density at radius 3 is 2.93 bits per heavy atom. The fourth-order valence-corrected chi connectivity index (χ4v) is 1.31. The Kier molecular flexibility index (Phi) is 4.30. The molecule has 0 bridgehead atoms. The highest BCUT2D eigenvalue weighted by Crippen LogP contribution is 2.16. The van der Waals surface area contributed by atoms with E-state index in [-0.39, 0.29) is 12.6 Å². The van der Waals surface area contributed by atoms with Crippen LogP contribution >= 0.6 is 0 Å². The summed E-state index contributed by atoms with van der Waals surface area (Å²) in [4.78, 5) is 8.02. The predicted molar refractivity (Wildman–Crippen MR) is 60.6 cm³/mol. The van der Waals surface area contributed by atoms with Crippen molar-refractivity contribution in [2.75, 3.05) is 17.7 Å². The fraction of sp³-hybridized carbons (Fsp3) is 0.600. The average Bonchev–Trinajstić information content (AvgIpc) is 2.22. The SMILES string of the molecule is Cc1c(N)ncnc1NC(C)CCCO. The van der Waals surface area contributed by atoms with E-state index in [1.54, 1.807) is 0 Å². The Labute approximate surface area is 89.7 Å². The molecule has 1 aromatic rings. The van der Waals surface area contributed by atoms with Crippen LogP contribution in [0.25, 0.3) is 0 Å². The lowest BCUT2D eigenvalue weighted by molar-refractivity contribution is 0.282. The van der Waals surface area contributed by atoms with Gasteiger partial charge in [0.25, 0.3) is 0 Å². The molecule has 5 heteroatoms. The molecule has 0 aliphatic heterocycles. The maximum atomic E-state index is 8.71. The molecule has 1 atom stereocenters. The van der Waals surface area contributed by atoms with Crippen molar-refractivity contribution in [2.24, 2.45) is 0 Å². The number of aromatic nitrogens is 2. The summed E-state index contributed by atoms with van der Waals surface area (Å²) in [5.74, 6) is 1.27. The maximum Gasteiger partial charge on any atom is 0.134 e. The van der Waals surface area contributed by atoms with Crippen molar-refractivity contribution in [1.29, 1.82) is 0 Å². The molecule has 0 amide bonds. The number of hydrogen-bond donors (Lipinski definition) is 3. The zero-order valence-electron chi connectivity index (χ0n) is 9.20. The van der Waals surface area contributed by atoms with E-state index in [4.69, 9.17) is 10.8 Å². The lowest BCUT2D eigenvalue weighted by Crippen LogP contribution is -2.17. The number of rotatable bonds is 5. The van der Waals surface area contributed by atoms with Gasteiger partial charge in [0.15, 0.2) is 0 Å². The molecule has 1 rings (SSSR count). The van der Waals surface area contributed by atoms with Gasteiger partial charge in [0, 0.05) is 18.2 Å². The number of anilines is 2. The molecule has 0 fully saturated rings. The number of nitrogens with two attached hydrogens (primary N) is 1. The van der Waals surface area contributed by atoms with Gasteiger partial charge in [-0.15, -0.1) is 0 Å². The van der Waals surface area contributed by atoms with Crippen LogP contribution in [-0.4, -0.2) is 27.7 Å². The van der Waals surface area contributed by atoms with Gasteiger partial charge in [-0.3, -0.25) is 0 Å². The van der Waals surface area contributed by atoms with Gasteiger partial charge in [0.05, 0.1) is 0 Å². The first-order chi connectivity index (χ1) is 7.15. The van der Waals surface area contributed by atoms with Crippen molar-refractivity contribution in [3.63, 3.8) is 0 Å². The zero-order valence-corrected chi connectivity index (χ0v) is 9.20. The molecule has 0 radical (unpaired) electrons. The van der Waals surface area contributed by atoms with E-state index in [9.17, 15) is 0 Å². The van der Waals surface area contributed by atoms with Gasteiger partial charge in [-0.25, -0.2) is 9.97 Å². The van der Waals surface area contributed by atoms with Gasteiger partial charge in [-0.2, -0.15) is 0 Å². The summed E-state index contributed by atoms with van der Waals surface area (Å²) in [6.07, 6.45) is 3.14. The van der Waals surface area contributed by atoms with Crippen molar-refractivity contribution >= 4 is 11.6 Å². The highest BCUT2D eigenvalue weighted by Gasteiger charge is 2.07. The summed E-state index contributed by atoms with van der Waals surface area (Å²) in [6, 6.07) is 0.269. The van der Waals surface area contributed by atoms with Crippen molar-refractivity contribution in [3.05, 3.63) is 11.9 Å². The zero-order chi connectivity index (χ0) is 11.3. The minimum Gasteiger partial charge on any atom is -0.396 e. The molecule has 15 heavy (non-hydrogen) atoms. The smallest absolute Gasteiger partial charge is 0.134 e. The number of aliphatic hydroxyl groups is 1. The molecule has 4 N–H and O–H groups in total. The number of hydrogen-bond acceptors (Lipinski definition) is 5. The Balaban J connectivity index is 2.60. The molecular weight excluding hydrogens is 192 g/mol. The molecule has 5 nitrogen and oxygen atoms in total. The Morgan fingerprint density at radius 2 is 2.27 bits per heavy atom. The van der Waals surface area contributed by atoms with Crippen LogP contribution in [0.2, 0.25) is 0 Å². The third-order valence-electron chi connectivity index (χ3n) is 2.30. The summed E-state index contributed by atoms with van der Waals surface area (Å²) >= 11 is 0. The van der Waals surface area contributed by atoms with Gasteiger partial charge < -0.3 is 16.2 Å². The highest BCUT2D eigenvalue weighted by atomic mass is 16.2. The van der Waals surface area contributed by atoms with Crippen LogP contribution in [-0.2, 0) is 0 Å². The number of aliphatic hydroxyl groups excluding tert-OH is 1. The van der Waals surface area contributed by atoms with Crippen LogP contribution in [0.4, 0.5) is 11.6 Å². The Morgan fingerprint density at radius 1 is 1.53 bits per heavy atom. The van der Waals surface area contributed by atoms with Crippen LogP contribution < -0.4 is 11.1 Å². The molecule has 84 valence electrons. The van der Waals surface area contributed by atoms with Gasteiger partial charge in [0.1, 0.15) is 18.0 Å². The van der Waals surface area contributed by atoms with Crippen molar-refractivity contribution in [2.45, 2.75) is 32.7 Å². The summed E-state index contributed by atoms with van der Waals surface area (Å²) in [5.41, 5.74) is 6.53. The molecule has 0 aliphatic carbocycles. The third-order valence-corrected chi connectivity index (χ3v) is 2.30. The van der Waals surface area contributed by atoms with Crippen LogP contribution in [0.3, 0.4) is 0 Å². The maximum absolute atomic E-state index is 8.71. The van der Waals surface area contributed by atoms with Crippen LogP contribution in [0.1, 0.15) is 25.3 Å². The fourth-order valence-electron chi connectivity index (χ4n) is 1.31. The molecule has 0 aliphatic rings. The quantitative estimate of drug-likeness (QED) is 0.673. The molecule has 0 saturated carbocycles. The second-order valence-electron chi connectivity index (χ2n) is 3.64. The van der Waals surface area contributed by atoms with E-state index in [1.807, 2.05) is 13.8 Å². The summed E-state index contributed by atoms with van der Waals surface area (Å²) in [7, 11) is 0. The number of nitrogen functional groups attached to an aromatic ring is 1. The molecule has 1 heterocycles. The Hall–Kier alpha value is -1.36. The summed E-state index contributed by atoms with van der Waals surface area (Å²) in [5, 5.41) is 12.0. The first kappa shape index (κ1) is 11.7. The second-order valence-corrected chi connectivity index (χ2v) is 3.64. The van der Waals surface area contributed by atoms with Crippen molar-refractivity contribution < 1.29 is 5.11 Å². The van der Waals surface area contributed by atoms with Crippen molar-refractivity contribution in [3.8, 4) is 0 Å². The monoisotopic (exact) mass is 210 g/mol. The van der Waals surface area contributed by atoms with E-state index in [0.717, 1.165) is 24.2 Å². The predicted octanol–water partition coefficient (Wildman–Crippen LogP) is 0.940. The van der Waals surface area contributed by atoms with E-state index < -0.39 is 0 Å². The third kappa shape index (κ3) is 3.36. The van der Waals surface area contributed by atoms with Gasteiger partial charge in [-0.1, -0.05) is 0 Å². The Bertz CT molecular complexity index is 316. The molecule has 1 aromatic heterocycles.